The molecule has 0 saturated carbocycles. The highest BCUT2D eigenvalue weighted by Gasteiger charge is 2.15. The molecule has 2 nitrogen and oxygen atoms in total. The topological polar surface area (TPSA) is 38.0 Å². The van der Waals surface area contributed by atoms with Gasteiger partial charge in [0.1, 0.15) is 0 Å². The molecule has 0 saturated heterocycles. The molecule has 0 bridgehead atoms. The van der Waals surface area contributed by atoms with E-state index in [0.717, 1.165) is 19.5 Å². The van der Waals surface area contributed by atoms with Gasteiger partial charge in [-0.05, 0) is 51.6 Å². The summed E-state index contributed by atoms with van der Waals surface area (Å²) in [5, 5.41) is 3.55. The zero-order valence-corrected chi connectivity index (χ0v) is 10.6. The van der Waals surface area contributed by atoms with Gasteiger partial charge in [0, 0.05) is 5.54 Å². The Morgan fingerprint density at radius 2 is 1.57 bits per heavy atom. The standard InChI is InChI=1S/C12H28N2/c1-11(2,3)7-6-10-14-12(4,5)8-9-13/h14H,6-10,13H2,1-5H3. The second-order valence-electron chi connectivity index (χ2n) is 6.01. The van der Waals surface area contributed by atoms with Gasteiger partial charge in [0.2, 0.25) is 0 Å². The Balaban J connectivity index is 3.54. The van der Waals surface area contributed by atoms with E-state index in [1.165, 1.54) is 12.8 Å². The first-order valence-corrected chi connectivity index (χ1v) is 5.72. The third-order valence-electron chi connectivity index (χ3n) is 2.48. The maximum atomic E-state index is 5.55. The molecule has 0 amide bonds. The van der Waals surface area contributed by atoms with Crippen LogP contribution in [0.15, 0.2) is 0 Å². The molecule has 86 valence electrons. The minimum atomic E-state index is 0.201. The van der Waals surface area contributed by atoms with Gasteiger partial charge >= 0.3 is 0 Å². The Hall–Kier alpha value is -0.0800. The van der Waals surface area contributed by atoms with Crippen LogP contribution < -0.4 is 11.1 Å². The van der Waals surface area contributed by atoms with Crippen LogP contribution in [0.3, 0.4) is 0 Å². The number of hydrogen-bond donors (Lipinski definition) is 2. The van der Waals surface area contributed by atoms with E-state index >= 15 is 0 Å². The average Bonchev–Trinajstić information content (AvgIpc) is 1.96. The molecule has 0 aliphatic heterocycles. The van der Waals surface area contributed by atoms with Crippen molar-refractivity contribution < 1.29 is 0 Å². The normalized spacial score (nSPS) is 13.3. The molecular weight excluding hydrogens is 172 g/mol. The molecule has 3 N–H and O–H groups in total. The van der Waals surface area contributed by atoms with Gasteiger partial charge in [-0.1, -0.05) is 20.8 Å². The molecule has 0 rings (SSSR count). The highest BCUT2D eigenvalue weighted by atomic mass is 14.9. The van der Waals surface area contributed by atoms with Crippen molar-refractivity contribution in [1.82, 2.24) is 5.32 Å². The van der Waals surface area contributed by atoms with Crippen LogP contribution in [-0.4, -0.2) is 18.6 Å². The predicted octanol–water partition coefficient (Wildman–Crippen LogP) is 2.53. The summed E-state index contributed by atoms with van der Waals surface area (Å²) in [5.74, 6) is 0. The van der Waals surface area contributed by atoms with Crippen molar-refractivity contribution in [1.29, 1.82) is 0 Å². The molecular formula is C12H28N2. The molecule has 2 heteroatoms. The summed E-state index contributed by atoms with van der Waals surface area (Å²) in [5.41, 5.74) is 6.21. The van der Waals surface area contributed by atoms with Gasteiger partial charge in [-0.2, -0.15) is 0 Å². The van der Waals surface area contributed by atoms with E-state index in [-0.39, 0.29) is 5.54 Å². The van der Waals surface area contributed by atoms with Crippen LogP contribution in [0.25, 0.3) is 0 Å². The fourth-order valence-electron chi connectivity index (χ4n) is 1.49. The van der Waals surface area contributed by atoms with Crippen LogP contribution in [0, 0.1) is 5.41 Å². The van der Waals surface area contributed by atoms with Crippen molar-refractivity contribution in [2.45, 2.75) is 59.4 Å². The Morgan fingerprint density at radius 1 is 1.00 bits per heavy atom. The maximum absolute atomic E-state index is 5.55. The minimum absolute atomic E-state index is 0.201. The molecule has 0 aromatic rings. The van der Waals surface area contributed by atoms with Crippen LogP contribution in [0.5, 0.6) is 0 Å². The number of nitrogens with two attached hydrogens (primary N) is 1. The van der Waals surface area contributed by atoms with Crippen LogP contribution in [0.1, 0.15) is 53.9 Å². The summed E-state index contributed by atoms with van der Waals surface area (Å²) in [6.45, 7) is 13.2. The first-order valence-electron chi connectivity index (χ1n) is 5.72. The molecule has 0 fully saturated rings. The van der Waals surface area contributed by atoms with Crippen molar-refractivity contribution in [3.8, 4) is 0 Å². The molecule has 0 aliphatic carbocycles. The fourth-order valence-corrected chi connectivity index (χ4v) is 1.49. The lowest BCUT2D eigenvalue weighted by Gasteiger charge is -2.27. The van der Waals surface area contributed by atoms with Gasteiger partial charge in [-0.3, -0.25) is 0 Å². The first-order chi connectivity index (χ1) is 6.27. The molecule has 0 radical (unpaired) electrons. The third-order valence-corrected chi connectivity index (χ3v) is 2.48. The van der Waals surface area contributed by atoms with Crippen molar-refractivity contribution in [2.75, 3.05) is 13.1 Å². The zero-order valence-electron chi connectivity index (χ0n) is 10.6. The molecule has 0 spiro atoms. The zero-order chi connectivity index (χ0) is 11.2. The van der Waals surface area contributed by atoms with E-state index in [0.29, 0.717) is 5.41 Å². The molecule has 0 unspecified atom stereocenters. The lowest BCUT2D eigenvalue weighted by Crippen LogP contribution is -2.41. The largest absolute Gasteiger partial charge is 0.330 e. The Kier molecular flexibility index (Phi) is 5.68. The quantitative estimate of drug-likeness (QED) is 0.647. The third kappa shape index (κ3) is 8.52. The Bertz CT molecular complexity index is 145. The van der Waals surface area contributed by atoms with Crippen LogP contribution >= 0.6 is 0 Å². The van der Waals surface area contributed by atoms with Crippen molar-refractivity contribution in [3.63, 3.8) is 0 Å². The monoisotopic (exact) mass is 200 g/mol. The van der Waals surface area contributed by atoms with E-state index in [4.69, 9.17) is 5.73 Å². The summed E-state index contributed by atoms with van der Waals surface area (Å²) in [4.78, 5) is 0. The first kappa shape index (κ1) is 13.9. The SMILES string of the molecule is CC(C)(C)CCCNC(C)(C)CCN. The fraction of sp³-hybridized carbons (Fsp3) is 1.00. The highest BCUT2D eigenvalue weighted by Crippen LogP contribution is 2.20. The van der Waals surface area contributed by atoms with Crippen LogP contribution in [0.2, 0.25) is 0 Å². The van der Waals surface area contributed by atoms with E-state index < -0.39 is 0 Å². The van der Waals surface area contributed by atoms with Gasteiger partial charge < -0.3 is 11.1 Å². The van der Waals surface area contributed by atoms with Crippen molar-refractivity contribution in [2.24, 2.45) is 11.1 Å². The molecule has 0 aromatic heterocycles. The molecule has 14 heavy (non-hydrogen) atoms. The Morgan fingerprint density at radius 3 is 2.00 bits per heavy atom. The summed E-state index contributed by atoms with van der Waals surface area (Å²) in [6, 6.07) is 0. The van der Waals surface area contributed by atoms with Gasteiger partial charge in [0.15, 0.2) is 0 Å². The minimum Gasteiger partial charge on any atom is -0.330 e. The van der Waals surface area contributed by atoms with Crippen LogP contribution in [0.4, 0.5) is 0 Å². The van der Waals surface area contributed by atoms with E-state index in [2.05, 4.69) is 39.9 Å². The predicted molar refractivity (Wildman–Crippen MR) is 64.4 cm³/mol. The average molecular weight is 200 g/mol. The molecule has 0 aromatic carbocycles. The number of hydrogen-bond acceptors (Lipinski definition) is 2. The number of rotatable bonds is 6. The van der Waals surface area contributed by atoms with E-state index in [1.807, 2.05) is 0 Å². The van der Waals surface area contributed by atoms with Gasteiger partial charge in [-0.25, -0.2) is 0 Å². The summed E-state index contributed by atoms with van der Waals surface area (Å²) in [7, 11) is 0. The highest BCUT2D eigenvalue weighted by molar-refractivity contribution is 4.77. The summed E-state index contributed by atoms with van der Waals surface area (Å²) in [6.07, 6.45) is 3.57. The van der Waals surface area contributed by atoms with E-state index in [9.17, 15) is 0 Å². The molecule has 0 atom stereocenters. The summed E-state index contributed by atoms with van der Waals surface area (Å²) >= 11 is 0. The lowest BCUT2D eigenvalue weighted by atomic mass is 9.90. The van der Waals surface area contributed by atoms with Gasteiger partial charge in [0.25, 0.3) is 0 Å². The van der Waals surface area contributed by atoms with Crippen LogP contribution in [-0.2, 0) is 0 Å². The molecule has 0 heterocycles. The maximum Gasteiger partial charge on any atom is 0.0137 e. The Labute approximate surface area is 89.6 Å². The molecule has 0 aliphatic rings. The second-order valence-corrected chi connectivity index (χ2v) is 6.01. The van der Waals surface area contributed by atoms with Gasteiger partial charge in [0.05, 0.1) is 0 Å². The second kappa shape index (κ2) is 5.72. The van der Waals surface area contributed by atoms with Gasteiger partial charge in [-0.15, -0.1) is 0 Å². The summed E-state index contributed by atoms with van der Waals surface area (Å²) < 4.78 is 0. The lowest BCUT2D eigenvalue weighted by molar-refractivity contribution is 0.324. The smallest absolute Gasteiger partial charge is 0.0137 e. The van der Waals surface area contributed by atoms with Crippen molar-refractivity contribution in [3.05, 3.63) is 0 Å². The number of nitrogens with one attached hydrogen (secondary N) is 1. The van der Waals surface area contributed by atoms with Crippen molar-refractivity contribution >= 4 is 0 Å². The van der Waals surface area contributed by atoms with E-state index in [1.54, 1.807) is 0 Å².